The van der Waals surface area contributed by atoms with Crippen LogP contribution in [0.15, 0.2) is 24.3 Å². The molecule has 0 aliphatic rings. The smallest absolute Gasteiger partial charge is 0.319 e. The number of hydrogen-bond acceptors (Lipinski definition) is 2. The normalized spacial score (nSPS) is 10.8. The monoisotopic (exact) mass is 403 g/mol. The number of amides is 2. The molecule has 0 bridgehead atoms. The molecular formula is C25H45N3O. The second-order valence-corrected chi connectivity index (χ2v) is 8.31. The number of nitrogens with one attached hydrogen (secondary N) is 2. The maximum atomic E-state index is 11.8. The van der Waals surface area contributed by atoms with Crippen LogP contribution in [-0.2, 0) is 0 Å². The Morgan fingerprint density at radius 1 is 0.759 bits per heavy atom. The third-order valence-corrected chi connectivity index (χ3v) is 5.46. The Balaban J connectivity index is 1.78. The standard InChI is InChI=1S/C25H45N3O/c1-2-3-4-5-6-7-8-9-10-11-12-13-14-15-16-17-21-27-25(29)28-24-20-18-19-23(26)22-24/h18-20,22H,2-17,21,26H2,1H3,(H2,27,28,29). The fourth-order valence-electron chi connectivity index (χ4n) is 3.67. The van der Waals surface area contributed by atoms with E-state index >= 15 is 0 Å². The van der Waals surface area contributed by atoms with Gasteiger partial charge in [-0.2, -0.15) is 0 Å². The van der Waals surface area contributed by atoms with Gasteiger partial charge in [-0.25, -0.2) is 4.79 Å². The third-order valence-electron chi connectivity index (χ3n) is 5.46. The molecule has 4 heteroatoms. The molecule has 1 aromatic rings. The predicted molar refractivity (Wildman–Crippen MR) is 127 cm³/mol. The quantitative estimate of drug-likeness (QED) is 0.174. The SMILES string of the molecule is CCCCCCCCCCCCCCCCCCNC(=O)Nc1cccc(N)c1. The summed E-state index contributed by atoms with van der Waals surface area (Å²) in [6, 6.07) is 7.08. The molecule has 0 aromatic heterocycles. The molecule has 29 heavy (non-hydrogen) atoms. The second-order valence-electron chi connectivity index (χ2n) is 8.31. The lowest BCUT2D eigenvalue weighted by atomic mass is 10.0. The lowest BCUT2D eigenvalue weighted by Gasteiger charge is -2.08. The molecule has 0 unspecified atom stereocenters. The highest BCUT2D eigenvalue weighted by molar-refractivity contribution is 5.89. The lowest BCUT2D eigenvalue weighted by Crippen LogP contribution is -2.29. The van der Waals surface area contributed by atoms with Crippen molar-refractivity contribution in [2.45, 2.75) is 110 Å². The number of carbonyl (C=O) groups excluding carboxylic acids is 1. The number of rotatable bonds is 18. The zero-order valence-corrected chi connectivity index (χ0v) is 18.8. The summed E-state index contributed by atoms with van der Waals surface area (Å²) in [5, 5.41) is 5.72. The molecule has 0 atom stereocenters. The van der Waals surface area contributed by atoms with Gasteiger partial charge in [-0.15, -0.1) is 0 Å². The summed E-state index contributed by atoms with van der Waals surface area (Å²) in [5.74, 6) is 0. The average Bonchev–Trinajstić information content (AvgIpc) is 2.70. The summed E-state index contributed by atoms with van der Waals surface area (Å²) < 4.78 is 0. The highest BCUT2D eigenvalue weighted by atomic mass is 16.2. The van der Waals surface area contributed by atoms with Gasteiger partial charge in [0.15, 0.2) is 0 Å². The van der Waals surface area contributed by atoms with Gasteiger partial charge < -0.3 is 16.4 Å². The van der Waals surface area contributed by atoms with Crippen LogP contribution in [0, 0.1) is 0 Å². The van der Waals surface area contributed by atoms with E-state index in [1.165, 1.54) is 96.3 Å². The summed E-state index contributed by atoms with van der Waals surface area (Å²) in [7, 11) is 0. The maximum Gasteiger partial charge on any atom is 0.319 e. The Bertz CT molecular complexity index is 519. The van der Waals surface area contributed by atoms with E-state index in [0.29, 0.717) is 5.69 Å². The van der Waals surface area contributed by atoms with Crippen LogP contribution < -0.4 is 16.4 Å². The van der Waals surface area contributed by atoms with Gasteiger partial charge in [-0.1, -0.05) is 109 Å². The van der Waals surface area contributed by atoms with Crippen molar-refractivity contribution in [1.29, 1.82) is 0 Å². The first kappa shape index (κ1) is 25.3. The highest BCUT2D eigenvalue weighted by Crippen LogP contribution is 2.14. The topological polar surface area (TPSA) is 67.2 Å². The molecule has 0 spiro atoms. The van der Waals surface area contributed by atoms with Crippen molar-refractivity contribution in [3.05, 3.63) is 24.3 Å². The number of urea groups is 1. The van der Waals surface area contributed by atoms with E-state index in [1.807, 2.05) is 12.1 Å². The van der Waals surface area contributed by atoms with E-state index in [9.17, 15) is 4.79 Å². The van der Waals surface area contributed by atoms with Crippen molar-refractivity contribution in [1.82, 2.24) is 5.32 Å². The van der Waals surface area contributed by atoms with Crippen LogP contribution in [0.5, 0.6) is 0 Å². The van der Waals surface area contributed by atoms with Crippen molar-refractivity contribution < 1.29 is 4.79 Å². The molecule has 1 rings (SSSR count). The number of carbonyl (C=O) groups is 1. The molecule has 4 N–H and O–H groups in total. The van der Waals surface area contributed by atoms with Gasteiger partial charge in [-0.3, -0.25) is 0 Å². The number of hydrogen-bond donors (Lipinski definition) is 3. The molecular weight excluding hydrogens is 358 g/mol. The van der Waals surface area contributed by atoms with Crippen molar-refractivity contribution in [3.63, 3.8) is 0 Å². The van der Waals surface area contributed by atoms with E-state index in [4.69, 9.17) is 5.73 Å². The molecule has 0 aliphatic heterocycles. The van der Waals surface area contributed by atoms with Crippen LogP contribution in [0.4, 0.5) is 16.2 Å². The summed E-state index contributed by atoms with van der Waals surface area (Å²) in [6.07, 6.45) is 21.8. The van der Waals surface area contributed by atoms with E-state index in [2.05, 4.69) is 17.6 Å². The van der Waals surface area contributed by atoms with Crippen molar-refractivity contribution in [2.75, 3.05) is 17.6 Å². The minimum atomic E-state index is -0.156. The number of unbranched alkanes of at least 4 members (excludes halogenated alkanes) is 15. The molecule has 0 fully saturated rings. The van der Waals surface area contributed by atoms with Crippen LogP contribution in [-0.4, -0.2) is 12.6 Å². The number of anilines is 2. The van der Waals surface area contributed by atoms with E-state index in [1.54, 1.807) is 12.1 Å². The molecule has 2 amide bonds. The van der Waals surface area contributed by atoms with Crippen LogP contribution in [0.1, 0.15) is 110 Å². The third kappa shape index (κ3) is 15.8. The Hall–Kier alpha value is -1.71. The maximum absolute atomic E-state index is 11.8. The first-order valence-electron chi connectivity index (χ1n) is 12.1. The first-order chi connectivity index (χ1) is 14.2. The Kier molecular flexibility index (Phi) is 16.0. The second kappa shape index (κ2) is 18.3. The molecule has 166 valence electrons. The van der Waals surface area contributed by atoms with E-state index in [-0.39, 0.29) is 6.03 Å². The summed E-state index contributed by atoms with van der Waals surface area (Å²) in [6.45, 7) is 3.01. The van der Waals surface area contributed by atoms with Crippen LogP contribution >= 0.6 is 0 Å². The van der Waals surface area contributed by atoms with E-state index < -0.39 is 0 Å². The van der Waals surface area contributed by atoms with Gasteiger partial charge in [0.1, 0.15) is 0 Å². The fourth-order valence-corrected chi connectivity index (χ4v) is 3.67. The Labute approximate surface area is 179 Å². The minimum absolute atomic E-state index is 0.156. The number of benzene rings is 1. The molecule has 1 aromatic carbocycles. The van der Waals surface area contributed by atoms with Crippen LogP contribution in [0.25, 0.3) is 0 Å². The highest BCUT2D eigenvalue weighted by Gasteiger charge is 2.01. The van der Waals surface area contributed by atoms with Crippen LogP contribution in [0.3, 0.4) is 0 Å². The predicted octanol–water partition coefficient (Wildman–Crippen LogP) is 7.65. The Morgan fingerprint density at radius 2 is 1.24 bits per heavy atom. The molecule has 0 radical (unpaired) electrons. The minimum Gasteiger partial charge on any atom is -0.399 e. The molecule has 4 nitrogen and oxygen atoms in total. The van der Waals surface area contributed by atoms with Gasteiger partial charge in [-0.05, 0) is 24.6 Å². The number of nitrogen functional groups attached to an aromatic ring is 1. The average molecular weight is 404 g/mol. The van der Waals surface area contributed by atoms with Crippen molar-refractivity contribution in [2.24, 2.45) is 0 Å². The van der Waals surface area contributed by atoms with Gasteiger partial charge in [0.25, 0.3) is 0 Å². The lowest BCUT2D eigenvalue weighted by molar-refractivity contribution is 0.252. The molecule has 0 saturated carbocycles. The zero-order valence-electron chi connectivity index (χ0n) is 18.8. The zero-order chi connectivity index (χ0) is 21.0. The van der Waals surface area contributed by atoms with Gasteiger partial charge >= 0.3 is 6.03 Å². The first-order valence-corrected chi connectivity index (χ1v) is 12.1. The largest absolute Gasteiger partial charge is 0.399 e. The van der Waals surface area contributed by atoms with E-state index in [0.717, 1.165) is 18.7 Å². The van der Waals surface area contributed by atoms with Crippen molar-refractivity contribution >= 4 is 17.4 Å². The molecule has 0 aliphatic carbocycles. The summed E-state index contributed by atoms with van der Waals surface area (Å²) in [4.78, 5) is 11.8. The van der Waals surface area contributed by atoms with Gasteiger partial charge in [0.2, 0.25) is 0 Å². The Morgan fingerprint density at radius 3 is 1.72 bits per heavy atom. The molecule has 0 saturated heterocycles. The number of nitrogens with two attached hydrogens (primary N) is 1. The van der Waals surface area contributed by atoms with Crippen molar-refractivity contribution in [3.8, 4) is 0 Å². The summed E-state index contributed by atoms with van der Waals surface area (Å²) >= 11 is 0. The fraction of sp³-hybridized carbons (Fsp3) is 0.720. The van der Waals surface area contributed by atoms with Gasteiger partial charge in [0, 0.05) is 17.9 Å². The summed E-state index contributed by atoms with van der Waals surface area (Å²) in [5.41, 5.74) is 7.09. The van der Waals surface area contributed by atoms with Crippen LogP contribution in [0.2, 0.25) is 0 Å². The van der Waals surface area contributed by atoms with Gasteiger partial charge in [0.05, 0.1) is 0 Å². The molecule has 0 heterocycles.